The van der Waals surface area contributed by atoms with Gasteiger partial charge >= 0.3 is 5.63 Å². The molecule has 33 heavy (non-hydrogen) atoms. The summed E-state index contributed by atoms with van der Waals surface area (Å²) in [7, 11) is 0. The second kappa shape index (κ2) is 15.4. The first-order chi connectivity index (χ1) is 16.1. The molecule has 0 radical (unpaired) electrons. The van der Waals surface area contributed by atoms with Crippen molar-refractivity contribution in [1.82, 2.24) is 0 Å². The van der Waals surface area contributed by atoms with E-state index < -0.39 is 5.63 Å². The minimum absolute atomic E-state index is 0.111. The summed E-state index contributed by atoms with van der Waals surface area (Å²) in [6.45, 7) is 9.15. The second-order valence-electron chi connectivity index (χ2n) is 8.68. The number of allylic oxidation sites excluding steroid dienone is 1. The standard InChI is InChI=1S/C28H42O5/c1-5-7-9-11-12-13-14-16-20-30-23-18-17-19-24-25(23)26(31-21-15-10-8-6-2)27(28(29)33-24)32-22(3)4/h8,10,17-19,22H,5-7,9,11-16,20-21H2,1-4H3/b10-8+. The van der Waals surface area contributed by atoms with E-state index >= 15 is 0 Å². The van der Waals surface area contributed by atoms with Crippen LogP contribution in [0, 0.1) is 0 Å². The Morgan fingerprint density at radius 2 is 1.61 bits per heavy atom. The summed E-state index contributed by atoms with van der Waals surface area (Å²) in [5.41, 5.74) is -0.0841. The molecule has 0 aliphatic rings. The molecule has 0 saturated heterocycles. The summed E-state index contributed by atoms with van der Waals surface area (Å²) in [4.78, 5) is 12.6. The van der Waals surface area contributed by atoms with Gasteiger partial charge in [0.15, 0.2) is 5.75 Å². The van der Waals surface area contributed by atoms with Crippen LogP contribution in [-0.2, 0) is 0 Å². The van der Waals surface area contributed by atoms with Crippen LogP contribution in [0.25, 0.3) is 11.0 Å². The van der Waals surface area contributed by atoms with E-state index in [0.29, 0.717) is 35.7 Å². The predicted octanol–water partition coefficient (Wildman–Crippen LogP) is 7.83. The van der Waals surface area contributed by atoms with Crippen molar-refractivity contribution in [2.24, 2.45) is 0 Å². The molecule has 0 atom stereocenters. The summed E-state index contributed by atoms with van der Waals surface area (Å²) < 4.78 is 23.6. The Morgan fingerprint density at radius 3 is 2.30 bits per heavy atom. The third kappa shape index (κ3) is 9.15. The Morgan fingerprint density at radius 1 is 0.879 bits per heavy atom. The highest BCUT2D eigenvalue weighted by molar-refractivity contribution is 5.91. The molecule has 1 aromatic heterocycles. The number of ether oxygens (including phenoxy) is 3. The molecule has 5 nitrogen and oxygen atoms in total. The first kappa shape index (κ1) is 26.8. The molecule has 5 heteroatoms. The van der Waals surface area contributed by atoms with Gasteiger partial charge in [-0.1, -0.05) is 77.0 Å². The van der Waals surface area contributed by atoms with Gasteiger partial charge in [0.2, 0.25) is 5.75 Å². The van der Waals surface area contributed by atoms with E-state index in [0.717, 1.165) is 25.7 Å². The van der Waals surface area contributed by atoms with E-state index in [1.54, 1.807) is 6.07 Å². The average Bonchev–Trinajstić information content (AvgIpc) is 2.79. The monoisotopic (exact) mass is 458 g/mol. The molecule has 0 saturated carbocycles. The topological polar surface area (TPSA) is 57.9 Å². The lowest BCUT2D eigenvalue weighted by Crippen LogP contribution is -2.15. The van der Waals surface area contributed by atoms with Crippen LogP contribution in [0.5, 0.6) is 17.2 Å². The number of benzene rings is 1. The summed E-state index contributed by atoms with van der Waals surface area (Å²) in [5.74, 6) is 1.18. The third-order valence-electron chi connectivity index (χ3n) is 5.35. The van der Waals surface area contributed by atoms with Crippen molar-refractivity contribution in [3.05, 3.63) is 40.8 Å². The molecule has 0 bridgehead atoms. The van der Waals surface area contributed by atoms with Crippen LogP contribution in [0.2, 0.25) is 0 Å². The molecule has 0 aliphatic carbocycles. The number of rotatable bonds is 17. The Bertz CT molecular complexity index is 897. The fraction of sp³-hybridized carbons (Fsp3) is 0.607. The molecular weight excluding hydrogens is 416 g/mol. The van der Waals surface area contributed by atoms with Crippen molar-refractivity contribution in [3.63, 3.8) is 0 Å². The predicted molar refractivity (Wildman–Crippen MR) is 136 cm³/mol. The van der Waals surface area contributed by atoms with Gasteiger partial charge in [0.1, 0.15) is 16.7 Å². The smallest absolute Gasteiger partial charge is 0.383 e. The Balaban J connectivity index is 2.13. The van der Waals surface area contributed by atoms with Crippen LogP contribution in [0.1, 0.15) is 91.9 Å². The Kier molecular flexibility index (Phi) is 12.5. The molecule has 0 unspecified atom stereocenters. The highest BCUT2D eigenvalue weighted by Gasteiger charge is 2.22. The van der Waals surface area contributed by atoms with Gasteiger partial charge in [-0.15, -0.1) is 0 Å². The van der Waals surface area contributed by atoms with Crippen molar-refractivity contribution in [2.45, 2.75) is 98.0 Å². The van der Waals surface area contributed by atoms with Crippen molar-refractivity contribution in [3.8, 4) is 17.2 Å². The first-order valence-electron chi connectivity index (χ1n) is 12.8. The Labute approximate surface area is 199 Å². The van der Waals surface area contributed by atoms with Crippen LogP contribution >= 0.6 is 0 Å². The SMILES string of the molecule is CC/C=C/CCOc1c(OC(C)C)c(=O)oc2cccc(OCCCCCCCCCC)c12. The lowest BCUT2D eigenvalue weighted by atomic mass is 10.1. The maximum absolute atomic E-state index is 12.6. The quantitative estimate of drug-likeness (QED) is 0.137. The van der Waals surface area contributed by atoms with Gasteiger partial charge in [-0.05, 0) is 45.2 Å². The number of unbranched alkanes of at least 4 members (excludes halogenated alkanes) is 7. The molecule has 1 aromatic carbocycles. The molecular formula is C28H42O5. The minimum atomic E-state index is -0.532. The lowest BCUT2D eigenvalue weighted by molar-refractivity contribution is 0.212. The van der Waals surface area contributed by atoms with Gasteiger partial charge in [-0.25, -0.2) is 4.79 Å². The summed E-state index contributed by atoms with van der Waals surface area (Å²) in [6.07, 6.45) is 15.7. The van der Waals surface area contributed by atoms with E-state index in [-0.39, 0.29) is 11.9 Å². The number of hydrogen-bond acceptors (Lipinski definition) is 5. The zero-order valence-electron chi connectivity index (χ0n) is 21.0. The molecule has 0 fully saturated rings. The van der Waals surface area contributed by atoms with Gasteiger partial charge < -0.3 is 18.6 Å². The van der Waals surface area contributed by atoms with Gasteiger partial charge in [0.25, 0.3) is 0 Å². The molecule has 184 valence electrons. The van der Waals surface area contributed by atoms with Crippen LogP contribution in [-0.4, -0.2) is 19.3 Å². The van der Waals surface area contributed by atoms with Crippen molar-refractivity contribution in [1.29, 1.82) is 0 Å². The Hall–Kier alpha value is -2.43. The molecule has 0 spiro atoms. The summed E-state index contributed by atoms with van der Waals surface area (Å²) in [5, 5.41) is 0.659. The fourth-order valence-electron chi connectivity index (χ4n) is 3.70. The van der Waals surface area contributed by atoms with E-state index in [9.17, 15) is 4.79 Å². The highest BCUT2D eigenvalue weighted by atomic mass is 16.5. The molecule has 0 N–H and O–H groups in total. The van der Waals surface area contributed by atoms with Crippen LogP contribution < -0.4 is 19.8 Å². The lowest BCUT2D eigenvalue weighted by Gasteiger charge is -2.17. The second-order valence-corrected chi connectivity index (χ2v) is 8.68. The minimum Gasteiger partial charge on any atom is -0.493 e. The fourth-order valence-corrected chi connectivity index (χ4v) is 3.70. The van der Waals surface area contributed by atoms with Gasteiger partial charge in [0, 0.05) is 0 Å². The maximum Gasteiger partial charge on any atom is 0.383 e. The van der Waals surface area contributed by atoms with Gasteiger partial charge in [-0.3, -0.25) is 0 Å². The van der Waals surface area contributed by atoms with Crippen molar-refractivity contribution >= 4 is 11.0 Å². The average molecular weight is 459 g/mol. The summed E-state index contributed by atoms with van der Waals surface area (Å²) in [6, 6.07) is 5.50. The molecule has 1 heterocycles. The molecule has 2 aromatic rings. The van der Waals surface area contributed by atoms with Crippen molar-refractivity contribution in [2.75, 3.05) is 13.2 Å². The normalized spacial score (nSPS) is 11.5. The number of fused-ring (bicyclic) bond motifs is 1. The van der Waals surface area contributed by atoms with E-state index in [4.69, 9.17) is 18.6 Å². The highest BCUT2D eigenvalue weighted by Crippen LogP contribution is 2.39. The molecule has 2 rings (SSSR count). The van der Waals surface area contributed by atoms with Gasteiger partial charge in [-0.2, -0.15) is 0 Å². The molecule has 0 amide bonds. The van der Waals surface area contributed by atoms with E-state index in [1.807, 2.05) is 26.0 Å². The zero-order valence-corrected chi connectivity index (χ0v) is 21.0. The summed E-state index contributed by atoms with van der Waals surface area (Å²) >= 11 is 0. The van der Waals surface area contributed by atoms with Crippen LogP contribution in [0.3, 0.4) is 0 Å². The first-order valence-corrected chi connectivity index (χ1v) is 12.8. The zero-order chi connectivity index (χ0) is 23.9. The van der Waals surface area contributed by atoms with Crippen molar-refractivity contribution < 1.29 is 18.6 Å². The van der Waals surface area contributed by atoms with E-state index in [1.165, 1.54) is 38.5 Å². The van der Waals surface area contributed by atoms with Crippen LogP contribution in [0.15, 0.2) is 39.6 Å². The largest absolute Gasteiger partial charge is 0.493 e. The molecule has 0 aliphatic heterocycles. The number of hydrogen-bond donors (Lipinski definition) is 0. The maximum atomic E-state index is 12.6. The van der Waals surface area contributed by atoms with E-state index in [2.05, 4.69) is 26.0 Å². The third-order valence-corrected chi connectivity index (χ3v) is 5.35. The van der Waals surface area contributed by atoms with Crippen LogP contribution in [0.4, 0.5) is 0 Å². The van der Waals surface area contributed by atoms with Gasteiger partial charge in [0.05, 0.1) is 19.3 Å².